The van der Waals surface area contributed by atoms with Gasteiger partial charge in [0.2, 0.25) is 5.91 Å². The SMILES string of the molecule is CC(=O)Nc1cc(C(F)C(F)F)ccc1Cl. The van der Waals surface area contributed by atoms with Gasteiger partial charge in [-0.3, -0.25) is 4.79 Å². The van der Waals surface area contributed by atoms with Crippen LogP contribution in [-0.4, -0.2) is 12.3 Å². The number of amides is 1. The first kappa shape index (κ1) is 12.8. The number of hydrogen-bond acceptors (Lipinski definition) is 1. The first-order valence-corrected chi connectivity index (χ1v) is 4.79. The molecule has 1 rings (SSSR count). The molecule has 0 fully saturated rings. The maximum atomic E-state index is 13.0. The monoisotopic (exact) mass is 251 g/mol. The summed E-state index contributed by atoms with van der Waals surface area (Å²) in [5.41, 5.74) is -0.0990. The highest BCUT2D eigenvalue weighted by molar-refractivity contribution is 6.33. The van der Waals surface area contributed by atoms with E-state index in [0.717, 1.165) is 12.1 Å². The molecule has 0 aliphatic heterocycles. The molecule has 1 aromatic rings. The van der Waals surface area contributed by atoms with E-state index in [4.69, 9.17) is 11.6 Å². The zero-order valence-electron chi connectivity index (χ0n) is 8.31. The van der Waals surface area contributed by atoms with Crippen LogP contribution in [0, 0.1) is 0 Å². The van der Waals surface area contributed by atoms with Crippen LogP contribution < -0.4 is 5.32 Å². The van der Waals surface area contributed by atoms with Crippen molar-refractivity contribution in [2.75, 3.05) is 5.32 Å². The van der Waals surface area contributed by atoms with Crippen LogP contribution >= 0.6 is 11.6 Å². The van der Waals surface area contributed by atoms with Gasteiger partial charge >= 0.3 is 0 Å². The second kappa shape index (κ2) is 5.21. The summed E-state index contributed by atoms with van der Waals surface area (Å²) in [6.45, 7) is 1.24. The molecule has 16 heavy (non-hydrogen) atoms. The van der Waals surface area contributed by atoms with E-state index in [-0.39, 0.29) is 16.3 Å². The highest BCUT2D eigenvalue weighted by Crippen LogP contribution is 2.30. The van der Waals surface area contributed by atoms with Crippen LogP contribution in [0.2, 0.25) is 5.02 Å². The lowest BCUT2D eigenvalue weighted by Gasteiger charge is -2.11. The molecule has 0 spiro atoms. The maximum absolute atomic E-state index is 13.0. The van der Waals surface area contributed by atoms with Crippen LogP contribution in [0.15, 0.2) is 18.2 Å². The van der Waals surface area contributed by atoms with E-state index in [0.29, 0.717) is 0 Å². The standard InChI is InChI=1S/C10H9ClF3NO/c1-5(16)15-8-4-6(2-3-7(8)11)9(12)10(13)14/h2-4,9-10H,1H3,(H,15,16). The third-order valence-electron chi connectivity index (χ3n) is 1.84. The first-order valence-electron chi connectivity index (χ1n) is 4.41. The minimum atomic E-state index is -3.11. The van der Waals surface area contributed by atoms with Gasteiger partial charge in [0.15, 0.2) is 6.17 Å². The summed E-state index contributed by atoms with van der Waals surface area (Å²) in [6.07, 6.45) is -5.49. The normalized spacial score (nSPS) is 12.6. The zero-order chi connectivity index (χ0) is 12.3. The molecular weight excluding hydrogens is 243 g/mol. The Hall–Kier alpha value is -1.23. The molecular formula is C10H9ClF3NO. The van der Waals surface area contributed by atoms with Crippen molar-refractivity contribution in [2.24, 2.45) is 0 Å². The van der Waals surface area contributed by atoms with Gasteiger partial charge in [-0.1, -0.05) is 17.7 Å². The lowest BCUT2D eigenvalue weighted by atomic mass is 10.1. The van der Waals surface area contributed by atoms with Gasteiger partial charge in [-0.05, 0) is 17.7 Å². The molecule has 0 aliphatic carbocycles. The average Bonchev–Trinajstić information content (AvgIpc) is 2.19. The third-order valence-corrected chi connectivity index (χ3v) is 2.17. The highest BCUT2D eigenvalue weighted by Gasteiger charge is 2.22. The molecule has 0 heterocycles. The van der Waals surface area contributed by atoms with Crippen molar-refractivity contribution < 1.29 is 18.0 Å². The summed E-state index contributed by atoms with van der Waals surface area (Å²) >= 11 is 5.70. The fraction of sp³-hybridized carbons (Fsp3) is 0.300. The number of halogens is 4. The number of carbonyl (C=O) groups excluding carboxylic acids is 1. The smallest absolute Gasteiger partial charge is 0.273 e. The third kappa shape index (κ3) is 3.13. The second-order valence-corrected chi connectivity index (χ2v) is 3.56. The Labute approximate surface area is 95.4 Å². The van der Waals surface area contributed by atoms with E-state index in [1.807, 2.05) is 0 Å². The van der Waals surface area contributed by atoms with Crippen molar-refractivity contribution >= 4 is 23.2 Å². The van der Waals surface area contributed by atoms with Crippen molar-refractivity contribution in [2.45, 2.75) is 19.5 Å². The number of anilines is 1. The Bertz CT molecular complexity index is 398. The summed E-state index contributed by atoms with van der Waals surface area (Å²) in [5, 5.41) is 2.49. The van der Waals surface area contributed by atoms with Crippen LogP contribution in [0.4, 0.5) is 18.9 Å². The number of benzene rings is 1. The molecule has 0 saturated heterocycles. The van der Waals surface area contributed by atoms with Gasteiger partial charge in [-0.15, -0.1) is 0 Å². The van der Waals surface area contributed by atoms with Crippen LogP contribution in [-0.2, 0) is 4.79 Å². The Morgan fingerprint density at radius 3 is 2.50 bits per heavy atom. The van der Waals surface area contributed by atoms with Gasteiger partial charge in [0.25, 0.3) is 6.43 Å². The van der Waals surface area contributed by atoms with Crippen molar-refractivity contribution in [3.63, 3.8) is 0 Å². The number of carbonyl (C=O) groups is 1. The van der Waals surface area contributed by atoms with Gasteiger partial charge in [-0.25, -0.2) is 13.2 Å². The lowest BCUT2D eigenvalue weighted by molar-refractivity contribution is -0.114. The predicted octanol–water partition coefficient (Wildman–Crippen LogP) is 3.57. The Balaban J connectivity index is 3.02. The zero-order valence-corrected chi connectivity index (χ0v) is 9.06. The minimum absolute atomic E-state index is 0.120. The van der Waals surface area contributed by atoms with Crippen molar-refractivity contribution in [3.05, 3.63) is 28.8 Å². The van der Waals surface area contributed by atoms with Crippen LogP contribution in [0.5, 0.6) is 0 Å². The summed E-state index contributed by atoms with van der Waals surface area (Å²) in [5.74, 6) is -0.411. The molecule has 1 aromatic carbocycles. The fourth-order valence-corrected chi connectivity index (χ4v) is 1.31. The van der Waals surface area contributed by atoms with Crippen molar-refractivity contribution in [1.29, 1.82) is 0 Å². The Morgan fingerprint density at radius 2 is 2.00 bits per heavy atom. The number of alkyl halides is 3. The lowest BCUT2D eigenvalue weighted by Crippen LogP contribution is -2.08. The molecule has 0 aromatic heterocycles. The molecule has 6 heteroatoms. The van der Waals surface area contributed by atoms with E-state index in [1.54, 1.807) is 0 Å². The minimum Gasteiger partial charge on any atom is -0.325 e. The predicted molar refractivity (Wildman–Crippen MR) is 55.6 cm³/mol. The molecule has 0 aliphatic rings. The molecule has 1 amide bonds. The number of nitrogens with one attached hydrogen (secondary N) is 1. The van der Waals surface area contributed by atoms with Crippen LogP contribution in [0.25, 0.3) is 0 Å². The largest absolute Gasteiger partial charge is 0.325 e. The van der Waals surface area contributed by atoms with Gasteiger partial charge in [0, 0.05) is 6.92 Å². The summed E-state index contributed by atoms with van der Waals surface area (Å²) in [7, 11) is 0. The summed E-state index contributed by atoms with van der Waals surface area (Å²) < 4.78 is 37.2. The van der Waals surface area contributed by atoms with Gasteiger partial charge in [0.1, 0.15) is 0 Å². The molecule has 0 saturated carbocycles. The van der Waals surface area contributed by atoms with Crippen LogP contribution in [0.3, 0.4) is 0 Å². The van der Waals surface area contributed by atoms with Crippen molar-refractivity contribution in [3.8, 4) is 0 Å². The highest BCUT2D eigenvalue weighted by atomic mass is 35.5. The first-order chi connectivity index (χ1) is 7.41. The van der Waals surface area contributed by atoms with E-state index in [9.17, 15) is 18.0 Å². The second-order valence-electron chi connectivity index (χ2n) is 3.16. The van der Waals surface area contributed by atoms with Crippen molar-refractivity contribution in [1.82, 2.24) is 0 Å². The van der Waals surface area contributed by atoms with E-state index in [1.165, 1.54) is 13.0 Å². The van der Waals surface area contributed by atoms with E-state index < -0.39 is 18.5 Å². The molecule has 0 bridgehead atoms. The number of hydrogen-bond donors (Lipinski definition) is 1. The topological polar surface area (TPSA) is 29.1 Å². The quantitative estimate of drug-likeness (QED) is 0.874. The molecule has 0 radical (unpaired) electrons. The molecule has 1 unspecified atom stereocenters. The molecule has 1 N–H and O–H groups in total. The van der Waals surface area contributed by atoms with Gasteiger partial charge < -0.3 is 5.32 Å². The molecule has 88 valence electrons. The summed E-state index contributed by atoms with van der Waals surface area (Å²) in [4.78, 5) is 10.8. The Kier molecular flexibility index (Phi) is 4.18. The maximum Gasteiger partial charge on any atom is 0.273 e. The Morgan fingerprint density at radius 1 is 1.38 bits per heavy atom. The molecule has 1 atom stereocenters. The average molecular weight is 252 g/mol. The van der Waals surface area contributed by atoms with Crippen LogP contribution in [0.1, 0.15) is 18.7 Å². The van der Waals surface area contributed by atoms with E-state index >= 15 is 0 Å². The van der Waals surface area contributed by atoms with Gasteiger partial charge in [0.05, 0.1) is 10.7 Å². The molecule has 2 nitrogen and oxygen atoms in total. The number of rotatable bonds is 3. The fourth-order valence-electron chi connectivity index (χ4n) is 1.15. The summed E-state index contributed by atoms with van der Waals surface area (Å²) in [6, 6.07) is 3.52. The van der Waals surface area contributed by atoms with E-state index in [2.05, 4.69) is 5.32 Å². The van der Waals surface area contributed by atoms with Gasteiger partial charge in [-0.2, -0.15) is 0 Å².